The fraction of sp³-hybridized carbons (Fsp3) is 0.667. The standard InChI is InChI=1S/C15H24N2O3S/c1-9(2)6-10(14(19)20)7-16-13(18)11-12(15(3,4)5)17-8-21-11/h8-10H,6-7H2,1-5H3,(H,16,18)(H,19,20). The molecule has 1 rings (SSSR count). The Balaban J connectivity index is 2.74. The van der Waals surface area contributed by atoms with Crippen molar-refractivity contribution in [1.29, 1.82) is 0 Å². The average Bonchev–Trinajstić information content (AvgIpc) is 2.82. The third-order valence-electron chi connectivity index (χ3n) is 3.10. The van der Waals surface area contributed by atoms with E-state index in [-0.39, 0.29) is 23.8 Å². The Morgan fingerprint density at radius 1 is 1.38 bits per heavy atom. The van der Waals surface area contributed by atoms with Crippen molar-refractivity contribution in [3.8, 4) is 0 Å². The number of amides is 1. The van der Waals surface area contributed by atoms with E-state index in [1.54, 1.807) is 5.51 Å². The maximum atomic E-state index is 12.3. The number of nitrogens with one attached hydrogen (secondary N) is 1. The van der Waals surface area contributed by atoms with E-state index < -0.39 is 11.9 Å². The summed E-state index contributed by atoms with van der Waals surface area (Å²) in [5, 5.41) is 11.9. The largest absolute Gasteiger partial charge is 0.481 e. The van der Waals surface area contributed by atoms with Gasteiger partial charge in [0.15, 0.2) is 0 Å². The Bertz CT molecular complexity index is 503. The molecule has 0 aromatic carbocycles. The van der Waals surface area contributed by atoms with Gasteiger partial charge in [-0.1, -0.05) is 34.6 Å². The third-order valence-corrected chi connectivity index (χ3v) is 3.92. The number of aromatic nitrogens is 1. The van der Waals surface area contributed by atoms with Crippen molar-refractivity contribution in [3.05, 3.63) is 16.1 Å². The fourth-order valence-electron chi connectivity index (χ4n) is 2.08. The van der Waals surface area contributed by atoms with E-state index in [0.717, 1.165) is 5.69 Å². The maximum Gasteiger partial charge on any atom is 0.308 e. The molecule has 6 heteroatoms. The van der Waals surface area contributed by atoms with Crippen LogP contribution in [0.4, 0.5) is 0 Å². The van der Waals surface area contributed by atoms with Gasteiger partial charge in [-0.25, -0.2) is 4.98 Å². The average molecular weight is 312 g/mol. The monoisotopic (exact) mass is 312 g/mol. The van der Waals surface area contributed by atoms with Crippen LogP contribution in [-0.4, -0.2) is 28.5 Å². The van der Waals surface area contributed by atoms with Crippen molar-refractivity contribution in [1.82, 2.24) is 10.3 Å². The summed E-state index contributed by atoms with van der Waals surface area (Å²) < 4.78 is 0. The molecular formula is C15H24N2O3S. The molecule has 0 saturated carbocycles. The molecule has 0 radical (unpaired) electrons. The normalized spacial score (nSPS) is 13.2. The van der Waals surface area contributed by atoms with Crippen molar-refractivity contribution in [3.63, 3.8) is 0 Å². The van der Waals surface area contributed by atoms with Gasteiger partial charge in [0.1, 0.15) is 4.88 Å². The van der Waals surface area contributed by atoms with Crippen molar-refractivity contribution in [2.24, 2.45) is 11.8 Å². The van der Waals surface area contributed by atoms with E-state index in [1.807, 2.05) is 34.6 Å². The zero-order valence-corrected chi connectivity index (χ0v) is 14.1. The molecule has 0 saturated heterocycles. The van der Waals surface area contributed by atoms with E-state index in [0.29, 0.717) is 11.3 Å². The highest BCUT2D eigenvalue weighted by Crippen LogP contribution is 2.27. The van der Waals surface area contributed by atoms with Crippen LogP contribution in [0.1, 0.15) is 56.4 Å². The summed E-state index contributed by atoms with van der Waals surface area (Å²) in [6, 6.07) is 0. The number of carboxylic acids is 1. The number of hydrogen-bond donors (Lipinski definition) is 2. The first-order valence-corrected chi connectivity index (χ1v) is 7.95. The smallest absolute Gasteiger partial charge is 0.308 e. The van der Waals surface area contributed by atoms with Crippen molar-refractivity contribution in [2.75, 3.05) is 6.54 Å². The van der Waals surface area contributed by atoms with Crippen molar-refractivity contribution < 1.29 is 14.7 Å². The molecule has 0 aliphatic heterocycles. The van der Waals surface area contributed by atoms with Crippen LogP contribution in [0, 0.1) is 11.8 Å². The minimum Gasteiger partial charge on any atom is -0.481 e. The summed E-state index contributed by atoms with van der Waals surface area (Å²) in [5.41, 5.74) is 2.19. The third kappa shape index (κ3) is 5.12. The molecule has 1 atom stereocenters. The molecule has 118 valence electrons. The van der Waals surface area contributed by atoms with Crippen LogP contribution in [0.5, 0.6) is 0 Å². The topological polar surface area (TPSA) is 79.3 Å². The second-order valence-electron chi connectivity index (χ2n) is 6.65. The quantitative estimate of drug-likeness (QED) is 0.846. The van der Waals surface area contributed by atoms with Gasteiger partial charge in [-0.3, -0.25) is 9.59 Å². The predicted molar refractivity (Wildman–Crippen MR) is 83.7 cm³/mol. The van der Waals surface area contributed by atoms with Crippen LogP contribution in [0.3, 0.4) is 0 Å². The first-order chi connectivity index (χ1) is 9.62. The molecular weight excluding hydrogens is 288 g/mol. The van der Waals surface area contributed by atoms with Crippen LogP contribution >= 0.6 is 11.3 Å². The lowest BCUT2D eigenvalue weighted by molar-refractivity contribution is -0.142. The Morgan fingerprint density at radius 2 is 2.00 bits per heavy atom. The van der Waals surface area contributed by atoms with Gasteiger partial charge < -0.3 is 10.4 Å². The molecule has 1 aromatic heterocycles. The zero-order chi connectivity index (χ0) is 16.2. The number of hydrogen-bond acceptors (Lipinski definition) is 4. The number of carboxylic acid groups (broad SMARTS) is 1. The van der Waals surface area contributed by atoms with Crippen LogP contribution in [-0.2, 0) is 10.2 Å². The molecule has 0 spiro atoms. The number of thiazole rings is 1. The van der Waals surface area contributed by atoms with E-state index in [2.05, 4.69) is 10.3 Å². The molecule has 0 aliphatic carbocycles. The minimum absolute atomic E-state index is 0.147. The van der Waals surface area contributed by atoms with Crippen LogP contribution in [0.25, 0.3) is 0 Å². The second-order valence-corrected chi connectivity index (χ2v) is 7.51. The number of nitrogens with zero attached hydrogens (tertiary/aromatic N) is 1. The lowest BCUT2D eigenvalue weighted by Gasteiger charge is -2.18. The van der Waals surface area contributed by atoms with Crippen LogP contribution in [0.15, 0.2) is 5.51 Å². The van der Waals surface area contributed by atoms with Gasteiger partial charge in [-0.15, -0.1) is 11.3 Å². The molecule has 5 nitrogen and oxygen atoms in total. The fourth-order valence-corrected chi connectivity index (χ4v) is 2.99. The lowest BCUT2D eigenvalue weighted by atomic mass is 9.91. The predicted octanol–water partition coefficient (Wildman–Crippen LogP) is 2.92. The number of carbonyl (C=O) groups is 2. The SMILES string of the molecule is CC(C)CC(CNC(=O)c1scnc1C(C)(C)C)C(=O)O. The summed E-state index contributed by atoms with van der Waals surface area (Å²) in [6.07, 6.45) is 0.546. The molecule has 0 aliphatic rings. The summed E-state index contributed by atoms with van der Waals surface area (Å²) >= 11 is 1.29. The van der Waals surface area contributed by atoms with Crippen molar-refractivity contribution in [2.45, 2.75) is 46.5 Å². The number of carbonyl (C=O) groups excluding carboxylic acids is 1. The lowest BCUT2D eigenvalue weighted by Crippen LogP contribution is -2.34. The number of aliphatic carboxylic acids is 1. The first kappa shape index (κ1) is 17.6. The summed E-state index contributed by atoms with van der Waals surface area (Å²) in [4.78, 5) is 28.3. The highest BCUT2D eigenvalue weighted by atomic mass is 32.1. The molecule has 1 amide bonds. The molecule has 2 N–H and O–H groups in total. The van der Waals surface area contributed by atoms with E-state index in [1.165, 1.54) is 11.3 Å². The molecule has 1 aromatic rings. The van der Waals surface area contributed by atoms with E-state index in [4.69, 9.17) is 0 Å². The maximum absolute atomic E-state index is 12.3. The van der Waals surface area contributed by atoms with Crippen molar-refractivity contribution >= 4 is 23.2 Å². The molecule has 21 heavy (non-hydrogen) atoms. The molecule has 0 fully saturated rings. The summed E-state index contributed by atoms with van der Waals surface area (Å²) in [7, 11) is 0. The Hall–Kier alpha value is -1.43. The second kappa shape index (κ2) is 7.02. The van der Waals surface area contributed by atoms with E-state index >= 15 is 0 Å². The number of rotatable bonds is 6. The summed E-state index contributed by atoms with van der Waals surface area (Å²) in [5.74, 6) is -1.39. The van der Waals surface area contributed by atoms with Gasteiger partial charge in [-0.05, 0) is 12.3 Å². The highest BCUT2D eigenvalue weighted by molar-refractivity contribution is 7.11. The van der Waals surface area contributed by atoms with Gasteiger partial charge >= 0.3 is 5.97 Å². The van der Waals surface area contributed by atoms with Gasteiger partial charge in [0.25, 0.3) is 5.91 Å². The van der Waals surface area contributed by atoms with Gasteiger partial charge in [0.2, 0.25) is 0 Å². The van der Waals surface area contributed by atoms with E-state index in [9.17, 15) is 14.7 Å². The Labute approximate surface area is 129 Å². The Kier molecular flexibility index (Phi) is 5.89. The zero-order valence-electron chi connectivity index (χ0n) is 13.3. The van der Waals surface area contributed by atoms with Crippen LogP contribution in [0.2, 0.25) is 0 Å². The summed E-state index contributed by atoms with van der Waals surface area (Å²) in [6.45, 7) is 10.1. The van der Waals surface area contributed by atoms with Gasteiger partial charge in [0, 0.05) is 12.0 Å². The van der Waals surface area contributed by atoms with Gasteiger partial charge in [-0.2, -0.15) is 0 Å². The Morgan fingerprint density at radius 3 is 2.48 bits per heavy atom. The first-order valence-electron chi connectivity index (χ1n) is 7.08. The molecule has 1 unspecified atom stereocenters. The van der Waals surface area contributed by atoms with Gasteiger partial charge in [0.05, 0.1) is 17.1 Å². The minimum atomic E-state index is -0.871. The van der Waals surface area contributed by atoms with Crippen LogP contribution < -0.4 is 5.32 Å². The molecule has 0 bridgehead atoms. The molecule has 1 heterocycles. The highest BCUT2D eigenvalue weighted by Gasteiger charge is 2.26.